The Bertz CT molecular complexity index is 788. The highest BCUT2D eigenvalue weighted by atomic mass is 35.5. The number of nitrogens with one attached hydrogen (secondary N) is 1. The maximum atomic E-state index is 13.0. The van der Waals surface area contributed by atoms with Gasteiger partial charge < -0.3 is 10.2 Å². The van der Waals surface area contributed by atoms with E-state index in [9.17, 15) is 9.18 Å². The average molecular weight is 425 g/mol. The number of alkyl halides is 1. The zero-order chi connectivity index (χ0) is 20.1. The van der Waals surface area contributed by atoms with Crippen LogP contribution in [0, 0.1) is 17.2 Å². The Kier molecular flexibility index (Phi) is 6.88. The Morgan fingerprint density at radius 2 is 2.00 bits per heavy atom. The molecule has 28 heavy (non-hydrogen) atoms. The molecule has 1 saturated heterocycles. The van der Waals surface area contributed by atoms with E-state index in [1.807, 2.05) is 13.8 Å². The molecule has 1 aromatic heterocycles. The summed E-state index contributed by atoms with van der Waals surface area (Å²) in [6.07, 6.45) is 2.62. The van der Waals surface area contributed by atoms with Gasteiger partial charge in [0.15, 0.2) is 0 Å². The number of rotatable bonds is 7. The van der Waals surface area contributed by atoms with Gasteiger partial charge in [0.2, 0.25) is 11.0 Å². The molecule has 0 saturated carbocycles. The van der Waals surface area contributed by atoms with Crippen molar-refractivity contribution in [2.24, 2.45) is 11.3 Å². The number of anilines is 1. The lowest BCUT2D eigenvalue weighted by atomic mass is 9.93. The molecule has 3 rings (SSSR count). The van der Waals surface area contributed by atoms with Gasteiger partial charge in [-0.05, 0) is 50.3 Å². The first kappa shape index (κ1) is 21.0. The molecule has 0 aliphatic carbocycles. The van der Waals surface area contributed by atoms with E-state index in [0.717, 1.165) is 42.5 Å². The maximum absolute atomic E-state index is 13.0. The highest BCUT2D eigenvalue weighted by Crippen LogP contribution is 2.25. The smallest absolute Gasteiger partial charge is 0.226 e. The number of halogens is 2. The maximum Gasteiger partial charge on any atom is 0.226 e. The fraction of sp³-hybridized carbons (Fsp3) is 0.550. The number of amides is 1. The monoisotopic (exact) mass is 424 g/mol. The van der Waals surface area contributed by atoms with Gasteiger partial charge in [-0.25, -0.2) is 9.37 Å². The van der Waals surface area contributed by atoms with Crippen molar-refractivity contribution in [2.75, 3.05) is 30.4 Å². The van der Waals surface area contributed by atoms with Gasteiger partial charge in [0, 0.05) is 43.5 Å². The van der Waals surface area contributed by atoms with Crippen LogP contribution in [0.3, 0.4) is 0 Å². The molecular weight excluding hydrogens is 399 g/mol. The van der Waals surface area contributed by atoms with Gasteiger partial charge >= 0.3 is 0 Å². The van der Waals surface area contributed by atoms with Crippen molar-refractivity contribution < 1.29 is 9.18 Å². The van der Waals surface area contributed by atoms with Crippen molar-refractivity contribution in [1.82, 2.24) is 14.7 Å². The number of hydrogen-bond acceptors (Lipinski definition) is 5. The zero-order valence-corrected chi connectivity index (χ0v) is 17.8. The highest BCUT2D eigenvalue weighted by molar-refractivity contribution is 7.09. The number of carbonyl (C=O) groups is 1. The Balaban J connectivity index is 1.47. The average Bonchev–Trinajstić information content (AvgIpc) is 3.16. The van der Waals surface area contributed by atoms with E-state index in [-0.39, 0.29) is 11.7 Å². The second-order valence-corrected chi connectivity index (χ2v) is 8.95. The number of nitrogens with zero attached hydrogens (tertiary/aromatic N) is 3. The quantitative estimate of drug-likeness (QED) is 0.685. The van der Waals surface area contributed by atoms with Gasteiger partial charge in [0.1, 0.15) is 11.6 Å². The van der Waals surface area contributed by atoms with Crippen LogP contribution in [-0.2, 0) is 11.2 Å². The molecule has 0 bridgehead atoms. The minimum atomic E-state index is -0.532. The fourth-order valence-corrected chi connectivity index (χ4v) is 3.95. The molecule has 1 aliphatic rings. The van der Waals surface area contributed by atoms with Gasteiger partial charge in [-0.15, -0.1) is 11.6 Å². The summed E-state index contributed by atoms with van der Waals surface area (Å²) in [5.41, 5.74) is 0.468. The van der Waals surface area contributed by atoms with E-state index < -0.39 is 5.41 Å². The minimum Gasteiger partial charge on any atom is -0.355 e. The summed E-state index contributed by atoms with van der Waals surface area (Å²) in [7, 11) is 0. The van der Waals surface area contributed by atoms with Gasteiger partial charge in [-0.1, -0.05) is 12.1 Å². The van der Waals surface area contributed by atoms with Crippen LogP contribution < -0.4 is 10.2 Å². The number of benzene rings is 1. The number of piperidine rings is 1. The van der Waals surface area contributed by atoms with Crippen molar-refractivity contribution >= 4 is 34.2 Å². The molecule has 0 unspecified atom stereocenters. The lowest BCUT2D eigenvalue weighted by Gasteiger charge is -2.32. The fourth-order valence-electron chi connectivity index (χ4n) is 3.10. The standard InChI is InChI=1S/C20H26ClFN4OS/c1-20(2,13-21)18(27)23-12-15-7-9-26(10-8-15)19-24-17(25-28-19)11-14-3-5-16(22)6-4-14/h3-6,15H,7-13H2,1-2H3,(H,23,27). The second-order valence-electron chi connectivity index (χ2n) is 7.95. The topological polar surface area (TPSA) is 58.1 Å². The SMILES string of the molecule is CC(C)(CCl)C(=O)NCC1CCN(c2nc(Cc3ccc(F)cc3)ns2)CC1. The largest absolute Gasteiger partial charge is 0.355 e. The van der Waals surface area contributed by atoms with E-state index in [0.29, 0.717) is 24.8 Å². The lowest BCUT2D eigenvalue weighted by Crippen LogP contribution is -2.43. The van der Waals surface area contributed by atoms with Crippen LogP contribution in [0.1, 0.15) is 38.1 Å². The second kappa shape index (κ2) is 9.18. The number of hydrogen-bond donors (Lipinski definition) is 1. The molecule has 2 heterocycles. The van der Waals surface area contributed by atoms with Gasteiger partial charge in [-0.3, -0.25) is 4.79 Å². The van der Waals surface area contributed by atoms with Crippen LogP contribution in [0.2, 0.25) is 0 Å². The normalized spacial score (nSPS) is 15.6. The summed E-state index contributed by atoms with van der Waals surface area (Å²) < 4.78 is 17.5. The van der Waals surface area contributed by atoms with E-state index >= 15 is 0 Å². The van der Waals surface area contributed by atoms with E-state index in [2.05, 4.69) is 19.6 Å². The Morgan fingerprint density at radius 1 is 1.32 bits per heavy atom. The van der Waals surface area contributed by atoms with E-state index in [1.54, 1.807) is 12.1 Å². The number of aromatic nitrogens is 2. The summed E-state index contributed by atoms with van der Waals surface area (Å²) >= 11 is 7.27. The molecule has 152 valence electrons. The third-order valence-electron chi connectivity index (χ3n) is 5.12. The molecular formula is C20H26ClFN4OS. The van der Waals surface area contributed by atoms with Gasteiger partial charge in [-0.2, -0.15) is 4.37 Å². The molecule has 1 fully saturated rings. The third kappa shape index (κ3) is 5.41. The highest BCUT2D eigenvalue weighted by Gasteiger charge is 2.28. The van der Waals surface area contributed by atoms with Crippen LogP contribution in [0.25, 0.3) is 0 Å². The first-order valence-corrected chi connectivity index (χ1v) is 10.8. The first-order chi connectivity index (χ1) is 13.4. The summed E-state index contributed by atoms with van der Waals surface area (Å²) in [4.78, 5) is 19.1. The minimum absolute atomic E-state index is 0.0134. The lowest BCUT2D eigenvalue weighted by molar-refractivity contribution is -0.128. The molecule has 8 heteroatoms. The Labute approximate surface area is 174 Å². The molecule has 2 aromatic rings. The van der Waals surface area contributed by atoms with Crippen molar-refractivity contribution in [3.05, 3.63) is 41.5 Å². The molecule has 0 atom stereocenters. The Hall–Kier alpha value is -1.73. The van der Waals surface area contributed by atoms with Crippen LogP contribution in [-0.4, -0.2) is 40.8 Å². The van der Waals surface area contributed by atoms with Crippen LogP contribution >= 0.6 is 23.1 Å². The third-order valence-corrected chi connectivity index (χ3v) is 6.60. The zero-order valence-electron chi connectivity index (χ0n) is 16.3. The van der Waals surface area contributed by atoms with E-state index in [1.165, 1.54) is 23.7 Å². The Morgan fingerprint density at radius 3 is 2.64 bits per heavy atom. The molecule has 1 amide bonds. The summed E-state index contributed by atoms with van der Waals surface area (Å²) in [6.45, 7) is 6.22. The predicted octanol–water partition coefficient (Wildman–Crippen LogP) is 3.87. The van der Waals surface area contributed by atoms with Crippen LogP contribution in [0.5, 0.6) is 0 Å². The predicted molar refractivity (Wildman–Crippen MR) is 112 cm³/mol. The molecule has 0 spiro atoms. The summed E-state index contributed by atoms with van der Waals surface area (Å²) in [5, 5.41) is 3.97. The van der Waals surface area contributed by atoms with Crippen molar-refractivity contribution in [2.45, 2.75) is 33.1 Å². The first-order valence-electron chi connectivity index (χ1n) is 9.53. The molecule has 1 N–H and O–H groups in total. The van der Waals surface area contributed by atoms with Crippen molar-refractivity contribution in [3.63, 3.8) is 0 Å². The van der Waals surface area contributed by atoms with Gasteiger partial charge in [0.05, 0.1) is 5.41 Å². The summed E-state index contributed by atoms with van der Waals surface area (Å²) in [5.74, 6) is 1.33. The molecule has 1 aliphatic heterocycles. The van der Waals surface area contributed by atoms with Crippen molar-refractivity contribution in [3.8, 4) is 0 Å². The number of carbonyl (C=O) groups excluding carboxylic acids is 1. The molecule has 0 radical (unpaired) electrons. The van der Waals surface area contributed by atoms with E-state index in [4.69, 9.17) is 11.6 Å². The molecule has 5 nitrogen and oxygen atoms in total. The van der Waals surface area contributed by atoms with Crippen molar-refractivity contribution in [1.29, 1.82) is 0 Å². The van der Waals surface area contributed by atoms with Gasteiger partial charge in [0.25, 0.3) is 0 Å². The van der Waals surface area contributed by atoms with Crippen LogP contribution in [0.4, 0.5) is 9.52 Å². The summed E-state index contributed by atoms with van der Waals surface area (Å²) in [6, 6.07) is 6.45. The van der Waals surface area contributed by atoms with Crippen LogP contribution in [0.15, 0.2) is 24.3 Å². The molecule has 1 aromatic carbocycles.